The summed E-state index contributed by atoms with van der Waals surface area (Å²) in [4.78, 5) is 14.1. The molecule has 1 aromatic rings. The lowest BCUT2D eigenvalue weighted by atomic mass is 10.2. The number of nitrogens with one attached hydrogen (secondary N) is 2. The maximum absolute atomic E-state index is 5.61. The van der Waals surface area contributed by atoms with Crippen molar-refractivity contribution in [1.82, 2.24) is 20.5 Å². The lowest BCUT2D eigenvalue weighted by Crippen LogP contribution is -2.41. The largest absolute Gasteiger partial charge is 0.379 e. The van der Waals surface area contributed by atoms with Crippen molar-refractivity contribution in [2.45, 2.75) is 32.9 Å². The highest BCUT2D eigenvalue weighted by molar-refractivity contribution is 5.79. The van der Waals surface area contributed by atoms with Gasteiger partial charge >= 0.3 is 0 Å². The lowest BCUT2D eigenvalue weighted by Gasteiger charge is -2.32. The van der Waals surface area contributed by atoms with Crippen LogP contribution in [0, 0.1) is 0 Å². The summed E-state index contributed by atoms with van der Waals surface area (Å²) >= 11 is 0. The van der Waals surface area contributed by atoms with Crippen molar-refractivity contribution in [3.8, 4) is 0 Å². The number of hydrogen-bond acceptors (Lipinski definition) is 6. The van der Waals surface area contributed by atoms with Crippen LogP contribution >= 0.6 is 0 Å². The number of pyridine rings is 1. The molecule has 2 saturated heterocycles. The molecule has 2 aliphatic rings. The molecule has 8 nitrogen and oxygen atoms in total. The second-order valence-corrected chi connectivity index (χ2v) is 7.58. The SMILES string of the molecule is CCNC(=NCc1ccc(N2CCOC(C)C2)nc1)NCCCN1CCOCC1. The summed E-state index contributed by atoms with van der Waals surface area (Å²) in [6.07, 6.45) is 3.28. The van der Waals surface area contributed by atoms with E-state index in [0.29, 0.717) is 6.54 Å². The van der Waals surface area contributed by atoms with Crippen molar-refractivity contribution in [2.75, 3.05) is 70.5 Å². The molecule has 8 heteroatoms. The summed E-state index contributed by atoms with van der Waals surface area (Å²) in [5.74, 6) is 1.88. The maximum atomic E-state index is 5.61. The molecule has 2 aliphatic heterocycles. The molecule has 0 saturated carbocycles. The minimum Gasteiger partial charge on any atom is -0.379 e. The Labute approximate surface area is 174 Å². The third-order valence-corrected chi connectivity index (χ3v) is 5.19. The Balaban J connectivity index is 1.43. The number of nitrogens with zero attached hydrogens (tertiary/aromatic N) is 4. The van der Waals surface area contributed by atoms with Gasteiger partial charge in [0.2, 0.25) is 0 Å². The summed E-state index contributed by atoms with van der Waals surface area (Å²) in [5, 5.41) is 6.76. The highest BCUT2D eigenvalue weighted by Gasteiger charge is 2.17. The molecular formula is C21H36N6O2. The Morgan fingerprint density at radius 3 is 2.79 bits per heavy atom. The van der Waals surface area contributed by atoms with Crippen molar-refractivity contribution in [2.24, 2.45) is 4.99 Å². The molecule has 3 rings (SSSR count). The Bertz CT molecular complexity index is 618. The maximum Gasteiger partial charge on any atom is 0.191 e. The van der Waals surface area contributed by atoms with E-state index in [1.807, 2.05) is 6.20 Å². The van der Waals surface area contributed by atoms with E-state index in [0.717, 1.165) is 89.4 Å². The van der Waals surface area contributed by atoms with Gasteiger partial charge in [0.25, 0.3) is 0 Å². The normalized spacial score (nSPS) is 21.2. The van der Waals surface area contributed by atoms with Crippen LogP contribution in [0.1, 0.15) is 25.8 Å². The molecule has 0 aromatic carbocycles. The molecule has 3 heterocycles. The second-order valence-electron chi connectivity index (χ2n) is 7.58. The van der Waals surface area contributed by atoms with Gasteiger partial charge < -0.3 is 25.0 Å². The third-order valence-electron chi connectivity index (χ3n) is 5.19. The zero-order valence-electron chi connectivity index (χ0n) is 17.9. The van der Waals surface area contributed by atoms with Crippen molar-refractivity contribution in [1.29, 1.82) is 0 Å². The van der Waals surface area contributed by atoms with E-state index in [4.69, 9.17) is 14.5 Å². The van der Waals surface area contributed by atoms with Crippen LogP contribution in [-0.4, -0.2) is 87.6 Å². The average Bonchev–Trinajstić information content (AvgIpc) is 2.76. The van der Waals surface area contributed by atoms with Crippen LogP contribution in [0.15, 0.2) is 23.3 Å². The zero-order valence-corrected chi connectivity index (χ0v) is 17.9. The van der Waals surface area contributed by atoms with Gasteiger partial charge in [0.15, 0.2) is 5.96 Å². The van der Waals surface area contributed by atoms with Gasteiger partial charge in [-0.3, -0.25) is 4.90 Å². The number of guanidine groups is 1. The summed E-state index contributed by atoms with van der Waals surface area (Å²) in [7, 11) is 0. The standard InChI is InChI=1S/C21H36N6O2/c1-3-22-21(23-7-4-8-26-9-12-28-13-10-26)25-16-19-5-6-20(24-15-19)27-11-14-29-18(2)17-27/h5-6,15,18H,3-4,7-14,16-17H2,1-2H3,(H2,22,23,25). The number of ether oxygens (including phenoxy) is 2. The van der Waals surface area contributed by atoms with Crippen molar-refractivity contribution in [3.63, 3.8) is 0 Å². The van der Waals surface area contributed by atoms with Gasteiger partial charge in [-0.25, -0.2) is 9.98 Å². The summed E-state index contributed by atoms with van der Waals surface area (Å²) in [6.45, 7) is 14.0. The van der Waals surface area contributed by atoms with E-state index >= 15 is 0 Å². The quantitative estimate of drug-likeness (QED) is 0.382. The van der Waals surface area contributed by atoms with Crippen molar-refractivity contribution in [3.05, 3.63) is 23.9 Å². The van der Waals surface area contributed by atoms with Crippen LogP contribution in [0.25, 0.3) is 0 Å². The fraction of sp³-hybridized carbons (Fsp3) is 0.714. The van der Waals surface area contributed by atoms with Gasteiger partial charge in [0.05, 0.1) is 32.5 Å². The number of aliphatic imine (C=N–C) groups is 1. The highest BCUT2D eigenvalue weighted by atomic mass is 16.5. The van der Waals surface area contributed by atoms with Crippen LogP contribution < -0.4 is 15.5 Å². The predicted octanol–water partition coefficient (Wildman–Crippen LogP) is 1.08. The molecule has 2 fully saturated rings. The fourth-order valence-corrected chi connectivity index (χ4v) is 3.57. The predicted molar refractivity (Wildman–Crippen MR) is 117 cm³/mol. The van der Waals surface area contributed by atoms with Crippen molar-refractivity contribution < 1.29 is 9.47 Å². The van der Waals surface area contributed by atoms with Gasteiger partial charge in [-0.2, -0.15) is 0 Å². The number of aromatic nitrogens is 1. The molecule has 1 atom stereocenters. The fourth-order valence-electron chi connectivity index (χ4n) is 3.57. The monoisotopic (exact) mass is 404 g/mol. The summed E-state index contributed by atoms with van der Waals surface area (Å²) in [6, 6.07) is 4.21. The number of anilines is 1. The summed E-state index contributed by atoms with van der Waals surface area (Å²) < 4.78 is 11.0. The van der Waals surface area contributed by atoms with Crippen LogP contribution in [0.5, 0.6) is 0 Å². The molecule has 2 N–H and O–H groups in total. The van der Waals surface area contributed by atoms with E-state index in [2.05, 4.69) is 51.4 Å². The Hall–Kier alpha value is -1.90. The van der Waals surface area contributed by atoms with Gasteiger partial charge in [0, 0.05) is 45.5 Å². The molecule has 0 radical (unpaired) electrons. The first kappa shape index (κ1) is 21.8. The van der Waals surface area contributed by atoms with Gasteiger partial charge in [-0.1, -0.05) is 6.07 Å². The van der Waals surface area contributed by atoms with E-state index in [1.165, 1.54) is 0 Å². The minimum absolute atomic E-state index is 0.256. The van der Waals surface area contributed by atoms with E-state index in [-0.39, 0.29) is 6.10 Å². The van der Waals surface area contributed by atoms with Crippen LogP contribution in [-0.2, 0) is 16.0 Å². The van der Waals surface area contributed by atoms with E-state index in [1.54, 1.807) is 0 Å². The Morgan fingerprint density at radius 1 is 1.21 bits per heavy atom. The average molecular weight is 405 g/mol. The van der Waals surface area contributed by atoms with Crippen LogP contribution in [0.4, 0.5) is 5.82 Å². The van der Waals surface area contributed by atoms with Gasteiger partial charge in [0.1, 0.15) is 5.82 Å². The van der Waals surface area contributed by atoms with E-state index in [9.17, 15) is 0 Å². The topological polar surface area (TPSA) is 74.2 Å². The Kier molecular flexibility index (Phi) is 8.98. The van der Waals surface area contributed by atoms with Gasteiger partial charge in [-0.15, -0.1) is 0 Å². The van der Waals surface area contributed by atoms with Crippen LogP contribution in [0.2, 0.25) is 0 Å². The molecule has 0 bridgehead atoms. The molecule has 29 heavy (non-hydrogen) atoms. The summed E-state index contributed by atoms with van der Waals surface area (Å²) in [5.41, 5.74) is 1.11. The molecule has 162 valence electrons. The number of hydrogen-bond donors (Lipinski definition) is 2. The van der Waals surface area contributed by atoms with Crippen LogP contribution in [0.3, 0.4) is 0 Å². The first-order valence-electron chi connectivity index (χ1n) is 10.9. The van der Waals surface area contributed by atoms with Crippen molar-refractivity contribution >= 4 is 11.8 Å². The third kappa shape index (κ3) is 7.45. The first-order chi connectivity index (χ1) is 14.2. The smallest absolute Gasteiger partial charge is 0.191 e. The number of rotatable bonds is 8. The second kappa shape index (κ2) is 11.9. The van der Waals surface area contributed by atoms with E-state index < -0.39 is 0 Å². The minimum atomic E-state index is 0.256. The molecule has 0 amide bonds. The molecule has 0 spiro atoms. The van der Waals surface area contributed by atoms with Gasteiger partial charge in [-0.05, 0) is 38.4 Å². The number of morpholine rings is 2. The molecule has 1 unspecified atom stereocenters. The zero-order chi connectivity index (χ0) is 20.3. The lowest BCUT2D eigenvalue weighted by molar-refractivity contribution is 0.0376. The Morgan fingerprint density at radius 2 is 2.07 bits per heavy atom. The molecular weight excluding hydrogens is 368 g/mol. The molecule has 1 aromatic heterocycles. The molecule has 0 aliphatic carbocycles. The highest BCUT2D eigenvalue weighted by Crippen LogP contribution is 2.15. The first-order valence-corrected chi connectivity index (χ1v) is 10.9.